The molecule has 1 amide bonds. The monoisotopic (exact) mass is 351 g/mol. The van der Waals surface area contributed by atoms with Gasteiger partial charge in [-0.25, -0.2) is 0 Å². The van der Waals surface area contributed by atoms with Crippen molar-refractivity contribution in [2.24, 2.45) is 0 Å². The first-order chi connectivity index (χ1) is 11.2. The van der Waals surface area contributed by atoms with Crippen LogP contribution in [0.15, 0.2) is 12.1 Å². The molecule has 5 heteroatoms. The van der Waals surface area contributed by atoms with Gasteiger partial charge in [0, 0.05) is 18.7 Å². The number of carbonyl (C=O) groups excluding carboxylic acids is 1. The Morgan fingerprint density at radius 2 is 1.67 bits per heavy atom. The third kappa shape index (κ3) is 4.76. The van der Waals surface area contributed by atoms with E-state index in [0.29, 0.717) is 31.0 Å². The van der Waals surface area contributed by atoms with E-state index < -0.39 is 9.04 Å². The van der Waals surface area contributed by atoms with Gasteiger partial charge >= 0.3 is 0 Å². The SMILES string of the molecule is CCOc1c(C(=O)N(CC)CC)ccc(C(C)(C)C)c1O[SiH](C)C. The number of benzene rings is 1. The molecule has 0 aliphatic rings. The van der Waals surface area contributed by atoms with Crippen molar-refractivity contribution in [1.29, 1.82) is 0 Å². The maximum Gasteiger partial charge on any atom is 0.257 e. The summed E-state index contributed by atoms with van der Waals surface area (Å²) in [7, 11) is -1.35. The highest BCUT2D eigenvalue weighted by Crippen LogP contribution is 2.41. The quantitative estimate of drug-likeness (QED) is 0.690. The Hall–Kier alpha value is -1.49. The molecule has 0 saturated heterocycles. The molecule has 1 aromatic rings. The van der Waals surface area contributed by atoms with Crippen LogP contribution in [0.25, 0.3) is 0 Å². The fraction of sp³-hybridized carbons (Fsp3) is 0.632. The van der Waals surface area contributed by atoms with Gasteiger partial charge in [-0.2, -0.15) is 0 Å². The summed E-state index contributed by atoms with van der Waals surface area (Å²) in [5.74, 6) is 1.35. The Kier molecular flexibility index (Phi) is 7.33. The van der Waals surface area contributed by atoms with E-state index in [1.807, 2.05) is 37.8 Å². The number of hydrogen-bond acceptors (Lipinski definition) is 3. The zero-order valence-electron chi connectivity index (χ0n) is 16.5. The summed E-state index contributed by atoms with van der Waals surface area (Å²) in [4.78, 5) is 14.7. The zero-order chi connectivity index (χ0) is 18.5. The van der Waals surface area contributed by atoms with Gasteiger partial charge in [0.05, 0.1) is 12.2 Å². The van der Waals surface area contributed by atoms with Crippen LogP contribution in [0.1, 0.15) is 57.5 Å². The summed E-state index contributed by atoms with van der Waals surface area (Å²) >= 11 is 0. The lowest BCUT2D eigenvalue weighted by Crippen LogP contribution is -2.31. The topological polar surface area (TPSA) is 38.8 Å². The predicted octanol–water partition coefficient (Wildman–Crippen LogP) is 4.23. The van der Waals surface area contributed by atoms with E-state index in [4.69, 9.17) is 9.16 Å². The molecule has 0 N–H and O–H groups in total. The van der Waals surface area contributed by atoms with Crippen LogP contribution in [0.2, 0.25) is 13.1 Å². The molecule has 0 atom stereocenters. The second-order valence-electron chi connectivity index (χ2n) is 7.15. The van der Waals surface area contributed by atoms with Crippen LogP contribution in [-0.2, 0) is 5.41 Å². The maximum absolute atomic E-state index is 12.9. The molecule has 0 spiro atoms. The molecule has 0 aromatic heterocycles. The molecule has 1 rings (SSSR count). The highest BCUT2D eigenvalue weighted by Gasteiger charge is 2.28. The average Bonchev–Trinajstić information content (AvgIpc) is 2.48. The number of hydrogen-bond donors (Lipinski definition) is 0. The highest BCUT2D eigenvalue weighted by atomic mass is 28.3. The van der Waals surface area contributed by atoms with Gasteiger partial charge in [0.2, 0.25) is 9.04 Å². The Morgan fingerprint density at radius 1 is 1.08 bits per heavy atom. The smallest absolute Gasteiger partial charge is 0.257 e. The minimum Gasteiger partial charge on any atom is -0.544 e. The lowest BCUT2D eigenvalue weighted by molar-refractivity contribution is 0.0768. The van der Waals surface area contributed by atoms with Crippen molar-refractivity contribution in [3.8, 4) is 11.5 Å². The standard InChI is InChI=1S/C19H33NO3Si/c1-9-20(10-2)18(21)14-12-13-15(19(4,5)6)17(23-24(7)8)16(14)22-11-3/h12-13,24H,9-11H2,1-8H3. The molecule has 136 valence electrons. The first-order valence-electron chi connectivity index (χ1n) is 8.93. The van der Waals surface area contributed by atoms with E-state index in [0.717, 1.165) is 11.3 Å². The van der Waals surface area contributed by atoms with Crippen LogP contribution in [0.4, 0.5) is 0 Å². The molecule has 0 unspecified atom stereocenters. The van der Waals surface area contributed by atoms with Gasteiger partial charge in [-0.3, -0.25) is 4.79 Å². The molecule has 1 aromatic carbocycles. The van der Waals surface area contributed by atoms with Crippen molar-refractivity contribution in [1.82, 2.24) is 4.90 Å². The molecule has 0 heterocycles. The highest BCUT2D eigenvalue weighted by molar-refractivity contribution is 6.49. The molecule has 0 aliphatic carbocycles. The molecule has 0 radical (unpaired) electrons. The van der Waals surface area contributed by atoms with E-state index >= 15 is 0 Å². The fourth-order valence-corrected chi connectivity index (χ4v) is 3.35. The Bertz CT molecular complexity index is 560. The maximum atomic E-state index is 12.9. The number of ether oxygens (including phenoxy) is 1. The molecule has 0 aliphatic heterocycles. The van der Waals surface area contributed by atoms with Gasteiger partial charge in [-0.05, 0) is 45.3 Å². The largest absolute Gasteiger partial charge is 0.544 e. The Morgan fingerprint density at radius 3 is 2.08 bits per heavy atom. The summed E-state index contributed by atoms with van der Waals surface area (Å²) in [5, 5.41) is 0. The molecule has 0 bridgehead atoms. The van der Waals surface area contributed by atoms with Crippen molar-refractivity contribution < 1.29 is 14.0 Å². The average molecular weight is 352 g/mol. The van der Waals surface area contributed by atoms with Crippen molar-refractivity contribution in [2.45, 2.75) is 60.1 Å². The number of carbonyl (C=O) groups is 1. The van der Waals surface area contributed by atoms with Gasteiger partial charge in [0.25, 0.3) is 5.91 Å². The van der Waals surface area contributed by atoms with Gasteiger partial charge in [0.1, 0.15) is 0 Å². The van der Waals surface area contributed by atoms with E-state index in [-0.39, 0.29) is 11.3 Å². The van der Waals surface area contributed by atoms with E-state index in [1.54, 1.807) is 0 Å². The van der Waals surface area contributed by atoms with Crippen LogP contribution in [-0.4, -0.2) is 39.5 Å². The summed E-state index contributed by atoms with van der Waals surface area (Å²) in [6, 6.07) is 3.91. The van der Waals surface area contributed by atoms with E-state index in [2.05, 4.69) is 33.9 Å². The molecule has 0 saturated carbocycles. The minimum atomic E-state index is -1.35. The van der Waals surface area contributed by atoms with Crippen LogP contribution >= 0.6 is 0 Å². The molecule has 24 heavy (non-hydrogen) atoms. The van der Waals surface area contributed by atoms with Gasteiger partial charge in [0.15, 0.2) is 11.5 Å². The van der Waals surface area contributed by atoms with Gasteiger partial charge in [-0.1, -0.05) is 26.8 Å². The molecular weight excluding hydrogens is 318 g/mol. The second-order valence-corrected chi connectivity index (χ2v) is 9.48. The fourth-order valence-electron chi connectivity index (χ4n) is 2.64. The van der Waals surface area contributed by atoms with Crippen molar-refractivity contribution >= 4 is 14.9 Å². The Balaban J connectivity index is 3.59. The van der Waals surface area contributed by atoms with Crippen molar-refractivity contribution in [3.05, 3.63) is 23.3 Å². The Labute approximate surface area is 148 Å². The number of rotatable bonds is 7. The lowest BCUT2D eigenvalue weighted by atomic mass is 9.85. The van der Waals surface area contributed by atoms with E-state index in [1.165, 1.54) is 0 Å². The second kappa shape index (κ2) is 8.56. The van der Waals surface area contributed by atoms with Crippen LogP contribution < -0.4 is 9.16 Å². The summed E-state index contributed by atoms with van der Waals surface area (Å²) in [6.45, 7) is 18.5. The van der Waals surface area contributed by atoms with Crippen LogP contribution in [0.3, 0.4) is 0 Å². The first-order valence-corrected chi connectivity index (χ1v) is 11.7. The van der Waals surface area contributed by atoms with Gasteiger partial charge in [-0.15, -0.1) is 0 Å². The lowest BCUT2D eigenvalue weighted by Gasteiger charge is -2.28. The third-order valence-corrected chi connectivity index (χ3v) is 4.55. The predicted molar refractivity (Wildman–Crippen MR) is 103 cm³/mol. The summed E-state index contributed by atoms with van der Waals surface area (Å²) in [5.41, 5.74) is 1.60. The normalized spacial score (nSPS) is 11.5. The molecular formula is C19H33NO3Si. The minimum absolute atomic E-state index is 0.000757. The van der Waals surface area contributed by atoms with Crippen molar-refractivity contribution in [3.63, 3.8) is 0 Å². The molecule has 0 fully saturated rings. The number of amides is 1. The summed E-state index contributed by atoms with van der Waals surface area (Å²) < 4.78 is 12.2. The number of nitrogens with zero attached hydrogens (tertiary/aromatic N) is 1. The van der Waals surface area contributed by atoms with Crippen molar-refractivity contribution in [2.75, 3.05) is 19.7 Å². The zero-order valence-corrected chi connectivity index (χ0v) is 17.7. The van der Waals surface area contributed by atoms with E-state index in [9.17, 15) is 4.79 Å². The van der Waals surface area contributed by atoms with Crippen LogP contribution in [0, 0.1) is 0 Å². The first kappa shape index (κ1) is 20.6. The summed E-state index contributed by atoms with van der Waals surface area (Å²) in [6.07, 6.45) is 0. The molecule has 4 nitrogen and oxygen atoms in total. The van der Waals surface area contributed by atoms with Crippen LogP contribution in [0.5, 0.6) is 11.5 Å². The third-order valence-electron chi connectivity index (χ3n) is 3.84. The van der Waals surface area contributed by atoms with Gasteiger partial charge < -0.3 is 14.1 Å².